The third kappa shape index (κ3) is 3.75. The van der Waals surface area contributed by atoms with E-state index >= 15 is 0 Å². The lowest BCUT2D eigenvalue weighted by Crippen LogP contribution is -2.29. The number of nitrogens with one attached hydrogen (secondary N) is 1. The van der Waals surface area contributed by atoms with Crippen LogP contribution in [-0.2, 0) is 11.2 Å². The van der Waals surface area contributed by atoms with Crippen molar-refractivity contribution in [2.45, 2.75) is 12.6 Å². The van der Waals surface area contributed by atoms with Crippen LogP contribution in [-0.4, -0.2) is 32.8 Å². The van der Waals surface area contributed by atoms with Gasteiger partial charge in [0.05, 0.1) is 5.71 Å². The maximum Gasteiger partial charge on any atom is 0.317 e. The zero-order chi connectivity index (χ0) is 21.9. The first-order valence-corrected chi connectivity index (χ1v) is 9.92. The van der Waals surface area contributed by atoms with Gasteiger partial charge in [-0.15, -0.1) is 5.10 Å². The van der Waals surface area contributed by atoms with Crippen LogP contribution in [0.1, 0.15) is 22.4 Å². The third-order valence-electron chi connectivity index (χ3n) is 5.05. The highest BCUT2D eigenvalue weighted by molar-refractivity contribution is 6.16. The van der Waals surface area contributed by atoms with Crippen LogP contribution < -0.4 is 5.32 Å². The van der Waals surface area contributed by atoms with Crippen molar-refractivity contribution in [1.82, 2.24) is 15.2 Å². The first-order valence-electron chi connectivity index (χ1n) is 9.92. The minimum absolute atomic E-state index is 0.0655. The van der Waals surface area contributed by atoms with Crippen molar-refractivity contribution < 1.29 is 9.21 Å². The van der Waals surface area contributed by atoms with Gasteiger partial charge < -0.3 is 9.73 Å². The molecule has 8 nitrogen and oxygen atoms in total. The van der Waals surface area contributed by atoms with Crippen molar-refractivity contribution in [2.24, 2.45) is 4.99 Å². The number of hydrogen-bond donors (Lipinski definition) is 1. The van der Waals surface area contributed by atoms with Crippen molar-refractivity contribution in [2.75, 3.05) is 5.32 Å². The molecule has 0 saturated heterocycles. The summed E-state index contributed by atoms with van der Waals surface area (Å²) in [5.41, 5.74) is 4.26. The molecule has 0 saturated carbocycles. The fraction of sp³-hybridized carbons (Fsp3) is 0.0833. The predicted molar refractivity (Wildman–Crippen MR) is 117 cm³/mol. The molecule has 8 heteroatoms. The number of ketones is 1. The molecule has 1 aliphatic rings. The fourth-order valence-electron chi connectivity index (χ4n) is 3.54. The van der Waals surface area contributed by atoms with Crippen molar-refractivity contribution in [3.63, 3.8) is 0 Å². The summed E-state index contributed by atoms with van der Waals surface area (Å²) in [7, 11) is 0. The summed E-state index contributed by atoms with van der Waals surface area (Å²) < 4.78 is 5.69. The molecule has 0 radical (unpaired) electrons. The van der Waals surface area contributed by atoms with E-state index in [9.17, 15) is 4.79 Å². The Morgan fingerprint density at radius 2 is 1.81 bits per heavy atom. The van der Waals surface area contributed by atoms with Crippen LogP contribution in [0, 0.1) is 11.3 Å². The summed E-state index contributed by atoms with van der Waals surface area (Å²) in [6.45, 7) is 0. The van der Waals surface area contributed by atoms with Crippen LogP contribution in [0.4, 0.5) is 6.01 Å². The topological polar surface area (TPSA) is 117 Å². The van der Waals surface area contributed by atoms with Crippen molar-refractivity contribution in [3.8, 4) is 17.5 Å². The van der Waals surface area contributed by atoms with Gasteiger partial charge in [-0.05, 0) is 17.7 Å². The number of carbonyl (C=O) groups excluding carboxylic acids is 1. The Labute approximate surface area is 183 Å². The molecule has 1 atom stereocenters. The number of hydrogen-bond acceptors (Lipinski definition) is 8. The summed E-state index contributed by atoms with van der Waals surface area (Å²) in [6.07, 6.45) is 0.830. The number of nitriles is 1. The normalized spacial score (nSPS) is 15.3. The number of benzene rings is 2. The van der Waals surface area contributed by atoms with E-state index in [1.54, 1.807) is 12.1 Å². The summed E-state index contributed by atoms with van der Waals surface area (Å²) in [5, 5.41) is 20.0. The second kappa shape index (κ2) is 8.24. The van der Waals surface area contributed by atoms with Crippen LogP contribution >= 0.6 is 0 Å². The van der Waals surface area contributed by atoms with Crippen LogP contribution in [0.2, 0.25) is 0 Å². The van der Waals surface area contributed by atoms with E-state index < -0.39 is 6.17 Å². The van der Waals surface area contributed by atoms with E-state index in [-0.39, 0.29) is 29.8 Å². The molecule has 0 bridgehead atoms. The molecule has 0 aliphatic carbocycles. The van der Waals surface area contributed by atoms with Gasteiger partial charge in [0.1, 0.15) is 11.8 Å². The Bertz CT molecular complexity index is 1370. The van der Waals surface area contributed by atoms with Crippen molar-refractivity contribution in [1.29, 1.82) is 5.26 Å². The van der Waals surface area contributed by atoms with Gasteiger partial charge in [0.2, 0.25) is 5.89 Å². The number of rotatable bonds is 4. The molecule has 4 aromatic rings. The second-order valence-electron chi connectivity index (χ2n) is 7.14. The lowest BCUT2D eigenvalue weighted by atomic mass is 9.96. The van der Waals surface area contributed by atoms with Gasteiger partial charge in [0, 0.05) is 29.3 Å². The smallest absolute Gasteiger partial charge is 0.317 e. The summed E-state index contributed by atoms with van der Waals surface area (Å²) in [5.74, 6) is 0.0989. The van der Waals surface area contributed by atoms with E-state index in [1.807, 2.05) is 60.7 Å². The van der Waals surface area contributed by atoms with Crippen LogP contribution in [0.25, 0.3) is 11.5 Å². The van der Waals surface area contributed by atoms with Gasteiger partial charge in [-0.25, -0.2) is 4.98 Å². The number of carbonyl (C=O) groups is 1. The van der Waals surface area contributed by atoms with E-state index in [4.69, 9.17) is 14.7 Å². The summed E-state index contributed by atoms with van der Waals surface area (Å²) in [6, 6.07) is 22.7. The SMILES string of the molecule is N#Cc1cc(-c2nnc(NC3N=C(c4ccccc4)c4ccccc4CC3=O)o2)ccn1. The third-order valence-corrected chi connectivity index (χ3v) is 5.05. The molecule has 0 spiro atoms. The van der Waals surface area contributed by atoms with E-state index in [1.165, 1.54) is 6.20 Å². The number of Topliss-reactive ketones (excluding diaryl/α,β-unsaturated/α-hetero) is 1. The first-order chi connectivity index (χ1) is 15.7. The highest BCUT2D eigenvalue weighted by Crippen LogP contribution is 2.24. The summed E-state index contributed by atoms with van der Waals surface area (Å²) >= 11 is 0. The fourth-order valence-corrected chi connectivity index (χ4v) is 3.54. The highest BCUT2D eigenvalue weighted by atomic mass is 16.4. The average molecular weight is 420 g/mol. The molecule has 0 amide bonds. The van der Waals surface area contributed by atoms with Gasteiger partial charge in [0.15, 0.2) is 11.9 Å². The zero-order valence-electron chi connectivity index (χ0n) is 16.8. The van der Waals surface area contributed by atoms with Gasteiger partial charge in [0.25, 0.3) is 0 Å². The predicted octanol–water partition coefficient (Wildman–Crippen LogP) is 3.40. The molecule has 2 aromatic heterocycles. The molecule has 1 unspecified atom stereocenters. The van der Waals surface area contributed by atoms with Crippen LogP contribution in [0.5, 0.6) is 0 Å². The van der Waals surface area contributed by atoms with Gasteiger partial charge in [-0.1, -0.05) is 59.7 Å². The number of aliphatic imine (C=N–C) groups is 1. The maximum absolute atomic E-state index is 13.0. The molecule has 2 aromatic carbocycles. The lowest BCUT2D eigenvalue weighted by molar-refractivity contribution is -0.119. The molecule has 0 fully saturated rings. The molecule has 5 rings (SSSR count). The van der Waals surface area contributed by atoms with Crippen molar-refractivity contribution in [3.05, 3.63) is 95.3 Å². The number of anilines is 1. The minimum Gasteiger partial charge on any atom is -0.403 e. The van der Waals surface area contributed by atoms with E-state index in [0.29, 0.717) is 5.56 Å². The number of nitrogens with zero attached hydrogens (tertiary/aromatic N) is 5. The Morgan fingerprint density at radius 1 is 1.00 bits per heavy atom. The van der Waals surface area contributed by atoms with Crippen LogP contribution in [0.15, 0.2) is 82.3 Å². The molecule has 1 aliphatic heterocycles. The van der Waals surface area contributed by atoms with Crippen LogP contribution in [0.3, 0.4) is 0 Å². The Morgan fingerprint density at radius 3 is 2.66 bits per heavy atom. The number of fused-ring (bicyclic) bond motifs is 1. The van der Waals surface area contributed by atoms with E-state index in [2.05, 4.69) is 20.5 Å². The average Bonchev–Trinajstić information content (AvgIpc) is 3.26. The highest BCUT2D eigenvalue weighted by Gasteiger charge is 2.27. The molecule has 1 N–H and O–H groups in total. The maximum atomic E-state index is 13.0. The first kappa shape index (κ1) is 19.3. The Hall–Kier alpha value is -4.64. The van der Waals surface area contributed by atoms with Crippen molar-refractivity contribution >= 4 is 17.5 Å². The van der Waals surface area contributed by atoms with Gasteiger partial charge in [-0.2, -0.15) is 5.26 Å². The number of aromatic nitrogens is 3. The Kier molecular flexibility index (Phi) is 4.98. The monoisotopic (exact) mass is 420 g/mol. The number of pyridine rings is 1. The minimum atomic E-state index is -0.891. The molecular weight excluding hydrogens is 404 g/mol. The quantitative estimate of drug-likeness (QED) is 0.538. The standard InChI is InChI=1S/C24H16N6O2/c25-14-18-12-17(10-11-26-18)23-29-30-24(32-23)28-22-20(31)13-16-8-4-5-9-19(16)21(27-22)15-6-2-1-3-7-15/h1-12,22H,13H2,(H,28,30). The molecule has 32 heavy (non-hydrogen) atoms. The summed E-state index contributed by atoms with van der Waals surface area (Å²) in [4.78, 5) is 21.7. The largest absolute Gasteiger partial charge is 0.403 e. The Balaban J connectivity index is 1.49. The molecule has 3 heterocycles. The van der Waals surface area contributed by atoms with Gasteiger partial charge in [-0.3, -0.25) is 9.79 Å². The van der Waals surface area contributed by atoms with E-state index in [0.717, 1.165) is 22.4 Å². The lowest BCUT2D eigenvalue weighted by Gasteiger charge is -2.11. The second-order valence-corrected chi connectivity index (χ2v) is 7.14. The molecule has 154 valence electrons. The zero-order valence-corrected chi connectivity index (χ0v) is 16.8. The molecular formula is C24H16N6O2. The van der Waals surface area contributed by atoms with Gasteiger partial charge >= 0.3 is 6.01 Å².